The van der Waals surface area contributed by atoms with Gasteiger partial charge in [0.2, 0.25) is 0 Å². The Morgan fingerprint density at radius 3 is 2.00 bits per heavy atom. The van der Waals surface area contributed by atoms with Gasteiger partial charge in [0.25, 0.3) is 5.78 Å². The van der Waals surface area contributed by atoms with Crippen molar-refractivity contribution in [3.05, 3.63) is 5.53 Å². The van der Waals surface area contributed by atoms with Crippen LogP contribution in [0.5, 0.6) is 0 Å². The molecular formula is C3H4N2O2. The summed E-state index contributed by atoms with van der Waals surface area (Å²) in [6.45, 7) is 1.06. The lowest BCUT2D eigenvalue weighted by Crippen LogP contribution is -2.70. The fourth-order valence-electron chi connectivity index (χ4n) is 0.0787. The van der Waals surface area contributed by atoms with Crippen LogP contribution in [0.1, 0.15) is 6.92 Å². The Kier molecular flexibility index (Phi) is 1.84. The number of nitrogens with one attached hydrogen (secondary N) is 1. The van der Waals surface area contributed by atoms with E-state index in [9.17, 15) is 9.59 Å². The molecule has 0 aliphatic carbocycles. The molecule has 0 aromatic rings. The van der Waals surface area contributed by atoms with Crippen LogP contribution in [0, 0.1) is 0 Å². The summed E-state index contributed by atoms with van der Waals surface area (Å²) in [7, 11) is 0. The van der Waals surface area contributed by atoms with E-state index in [0.717, 1.165) is 6.92 Å². The normalized spacial score (nSPS) is 7.57. The van der Waals surface area contributed by atoms with Gasteiger partial charge in [-0.15, -0.1) is 0 Å². The van der Waals surface area contributed by atoms with Crippen LogP contribution in [0.4, 0.5) is 0 Å². The molecule has 0 unspecified atom stereocenters. The van der Waals surface area contributed by atoms with Crippen LogP contribution in [0.2, 0.25) is 0 Å². The number of Topliss-reactive ketones (excluding diaryl/α,β-unsaturated/α-hetero) is 1. The monoisotopic (exact) mass is 100 g/mol. The van der Waals surface area contributed by atoms with Crippen LogP contribution in [0.25, 0.3) is 5.53 Å². The van der Waals surface area contributed by atoms with Crippen molar-refractivity contribution in [3.8, 4) is 0 Å². The highest BCUT2D eigenvalue weighted by atomic mass is 16.2. The lowest BCUT2D eigenvalue weighted by atomic mass is 10.4. The lowest BCUT2D eigenvalue weighted by Gasteiger charge is -1.74. The molecule has 1 N–H and O–H groups in total. The van der Waals surface area contributed by atoms with E-state index in [-0.39, 0.29) is 0 Å². The summed E-state index contributed by atoms with van der Waals surface area (Å²) in [5.41, 5.74) is 7.68. The lowest BCUT2D eigenvalue weighted by molar-refractivity contribution is -0.392. The molecule has 4 nitrogen and oxygen atoms in total. The average Bonchev–Trinajstić information content (AvgIpc) is 1.65. The van der Waals surface area contributed by atoms with Crippen LogP contribution >= 0.6 is 0 Å². The third kappa shape index (κ3) is 1.75. The quantitative estimate of drug-likeness (QED) is 0.312. The number of carbonyl (C=O) groups excluding carboxylic acids is 2. The van der Waals surface area contributed by atoms with Gasteiger partial charge >= 0.3 is 5.91 Å². The van der Waals surface area contributed by atoms with Gasteiger partial charge in [-0.1, -0.05) is 0 Å². The standard InChI is InChI=1S/C3H4N2O2/c1-2(6)3(7)5-4/h5H,1H3. The predicted octanol–water partition coefficient (Wildman–Crippen LogP) is -1.80. The Labute approximate surface area is 40.0 Å². The Hall–Kier alpha value is -1.06. The zero-order valence-electron chi connectivity index (χ0n) is 3.76. The molecular weight excluding hydrogens is 96.0 g/mol. The smallest absolute Gasteiger partial charge is 0.442 e. The Balaban J connectivity index is 3.81. The summed E-state index contributed by atoms with van der Waals surface area (Å²) in [6.07, 6.45) is 0. The second-order valence-corrected chi connectivity index (χ2v) is 0.997. The highest BCUT2D eigenvalue weighted by molar-refractivity contribution is 6.30. The first-order chi connectivity index (χ1) is 3.18. The summed E-state index contributed by atoms with van der Waals surface area (Å²) in [6, 6.07) is 0. The zero-order chi connectivity index (χ0) is 5.86. The number of nitrogens with zero attached hydrogens (tertiary/aromatic N) is 1. The van der Waals surface area contributed by atoms with Crippen LogP contribution in [-0.2, 0) is 9.59 Å². The summed E-state index contributed by atoms with van der Waals surface area (Å²) in [4.78, 5) is 19.6. The molecule has 0 spiro atoms. The molecule has 0 heterocycles. The van der Waals surface area contributed by atoms with Crippen LogP contribution in [0.3, 0.4) is 0 Å². The van der Waals surface area contributed by atoms with E-state index in [0.29, 0.717) is 0 Å². The molecule has 0 bridgehead atoms. The molecule has 0 aromatic carbocycles. The van der Waals surface area contributed by atoms with E-state index in [4.69, 9.17) is 5.53 Å². The SMILES string of the molecule is CC(=O)C(=O)[NH+]=[N-]. The van der Waals surface area contributed by atoms with E-state index in [2.05, 4.69) is 0 Å². The summed E-state index contributed by atoms with van der Waals surface area (Å²) < 4.78 is 0. The number of hydrogen-bond donors (Lipinski definition) is 1. The van der Waals surface area contributed by atoms with Gasteiger partial charge in [-0.05, 0) is 0 Å². The van der Waals surface area contributed by atoms with E-state index in [1.54, 1.807) is 0 Å². The minimum absolute atomic E-state index is 0.706. The molecule has 0 radical (unpaired) electrons. The number of ketones is 1. The molecule has 38 valence electrons. The van der Waals surface area contributed by atoms with E-state index >= 15 is 0 Å². The molecule has 7 heavy (non-hydrogen) atoms. The van der Waals surface area contributed by atoms with Crippen LogP contribution in [0.15, 0.2) is 0 Å². The van der Waals surface area contributed by atoms with Crippen molar-refractivity contribution in [2.75, 3.05) is 0 Å². The van der Waals surface area contributed by atoms with Crippen LogP contribution < -0.4 is 5.11 Å². The molecule has 1 amide bonds. The van der Waals surface area contributed by atoms with Gasteiger partial charge in [0.15, 0.2) is 0 Å². The van der Waals surface area contributed by atoms with Crippen molar-refractivity contribution < 1.29 is 14.7 Å². The molecule has 0 atom stereocenters. The maximum atomic E-state index is 9.80. The maximum Gasteiger partial charge on any atom is 0.442 e. The number of rotatable bonds is 1. The predicted molar refractivity (Wildman–Crippen MR) is 20.0 cm³/mol. The third-order valence-electron chi connectivity index (χ3n) is 0.421. The van der Waals surface area contributed by atoms with E-state index in [1.165, 1.54) is 5.11 Å². The van der Waals surface area contributed by atoms with Crippen molar-refractivity contribution in [2.45, 2.75) is 6.92 Å². The first-order valence-electron chi connectivity index (χ1n) is 1.63. The third-order valence-corrected chi connectivity index (χ3v) is 0.421. The van der Waals surface area contributed by atoms with Crippen molar-refractivity contribution in [2.24, 2.45) is 0 Å². The molecule has 0 fully saturated rings. The first kappa shape index (κ1) is 5.94. The summed E-state index contributed by atoms with van der Waals surface area (Å²) in [5, 5.41) is 1.18. The molecule has 0 aromatic heterocycles. The van der Waals surface area contributed by atoms with Crippen molar-refractivity contribution in [1.29, 1.82) is 0 Å². The highest BCUT2D eigenvalue weighted by Crippen LogP contribution is 1.55. The number of amides is 1. The highest BCUT2D eigenvalue weighted by Gasteiger charge is 2.06. The minimum atomic E-state index is -0.986. The first-order valence-corrected chi connectivity index (χ1v) is 1.63. The van der Waals surface area contributed by atoms with E-state index in [1.807, 2.05) is 0 Å². The van der Waals surface area contributed by atoms with Gasteiger partial charge in [-0.2, -0.15) is 0 Å². The summed E-state index contributed by atoms with van der Waals surface area (Å²) in [5.74, 6) is -1.69. The molecule has 0 rings (SSSR count). The molecule has 4 heteroatoms. The molecule has 0 aliphatic rings. The fourth-order valence-corrected chi connectivity index (χ4v) is 0.0787. The number of hydrogen-bond acceptors (Lipinski definition) is 2. The molecule has 0 aliphatic heterocycles. The van der Waals surface area contributed by atoms with Gasteiger partial charge < -0.3 is 5.53 Å². The van der Waals surface area contributed by atoms with E-state index < -0.39 is 11.7 Å². The molecule has 0 saturated carbocycles. The van der Waals surface area contributed by atoms with Gasteiger partial charge in [0.1, 0.15) is 0 Å². The number of carbonyl (C=O) groups is 2. The Bertz CT molecular complexity index is 118. The van der Waals surface area contributed by atoms with Gasteiger partial charge in [0, 0.05) is 6.92 Å². The van der Waals surface area contributed by atoms with Crippen molar-refractivity contribution in [3.63, 3.8) is 0 Å². The van der Waals surface area contributed by atoms with Gasteiger partial charge in [-0.3, -0.25) is 9.91 Å². The summed E-state index contributed by atoms with van der Waals surface area (Å²) >= 11 is 0. The Morgan fingerprint density at radius 1 is 1.57 bits per heavy atom. The topological polar surface area (TPSA) is 70.4 Å². The Morgan fingerprint density at radius 2 is 2.00 bits per heavy atom. The van der Waals surface area contributed by atoms with Crippen molar-refractivity contribution in [1.82, 2.24) is 0 Å². The van der Waals surface area contributed by atoms with Gasteiger partial charge in [0.05, 0.1) is 0 Å². The van der Waals surface area contributed by atoms with Gasteiger partial charge in [-0.25, -0.2) is 4.79 Å². The second kappa shape index (κ2) is 2.17. The fraction of sp³-hybridized carbons (Fsp3) is 0.333. The largest absolute Gasteiger partial charge is 0.499 e. The maximum absolute atomic E-state index is 9.80. The zero-order valence-corrected chi connectivity index (χ0v) is 3.76. The molecule has 0 saturated heterocycles. The van der Waals surface area contributed by atoms with Crippen LogP contribution in [-0.4, -0.2) is 11.7 Å². The minimum Gasteiger partial charge on any atom is -0.499 e. The van der Waals surface area contributed by atoms with Crippen molar-refractivity contribution >= 4 is 11.7 Å². The average molecular weight is 100 g/mol. The second-order valence-electron chi connectivity index (χ2n) is 0.997.